The van der Waals surface area contributed by atoms with Gasteiger partial charge in [-0.2, -0.15) is 0 Å². The van der Waals surface area contributed by atoms with E-state index in [0.29, 0.717) is 5.69 Å². The molecule has 188 valence electrons. The summed E-state index contributed by atoms with van der Waals surface area (Å²) in [4.78, 5) is 41.3. The summed E-state index contributed by atoms with van der Waals surface area (Å²) >= 11 is 0. The topological polar surface area (TPSA) is 87.7 Å². The van der Waals surface area contributed by atoms with E-state index in [9.17, 15) is 14.4 Å². The molecule has 0 saturated heterocycles. The first-order valence-corrected chi connectivity index (χ1v) is 12.2. The molecule has 1 fully saturated rings. The number of nitrogens with one attached hydrogen (secondary N) is 2. The van der Waals surface area contributed by atoms with E-state index in [0.717, 1.165) is 41.5 Å². The monoisotopic (exact) mass is 479 g/mol. The number of amides is 3. The van der Waals surface area contributed by atoms with Crippen molar-refractivity contribution >= 4 is 23.6 Å². The summed E-state index contributed by atoms with van der Waals surface area (Å²) in [5.41, 5.74) is 3.67. The van der Waals surface area contributed by atoms with Gasteiger partial charge < -0.3 is 20.3 Å². The molecule has 1 atom stereocenters. The van der Waals surface area contributed by atoms with Crippen molar-refractivity contribution in [3.05, 3.63) is 64.7 Å². The number of benzene rings is 2. The van der Waals surface area contributed by atoms with Gasteiger partial charge in [-0.05, 0) is 89.1 Å². The van der Waals surface area contributed by atoms with Crippen LogP contribution in [0.2, 0.25) is 0 Å². The van der Waals surface area contributed by atoms with Crippen LogP contribution in [0.15, 0.2) is 42.5 Å². The molecule has 0 aromatic heterocycles. The number of hydrogen-bond acceptors (Lipinski definition) is 4. The van der Waals surface area contributed by atoms with Crippen molar-refractivity contribution in [2.45, 2.75) is 78.5 Å². The maximum Gasteiger partial charge on any atom is 0.408 e. The Labute approximate surface area is 208 Å². The largest absolute Gasteiger partial charge is 0.444 e. The van der Waals surface area contributed by atoms with Crippen LogP contribution in [0, 0.1) is 20.8 Å². The third-order valence-electron chi connectivity index (χ3n) is 6.28. The van der Waals surface area contributed by atoms with Crippen LogP contribution in [0.25, 0.3) is 0 Å². The molecule has 1 saturated carbocycles. The molecule has 35 heavy (non-hydrogen) atoms. The van der Waals surface area contributed by atoms with E-state index in [1.165, 1.54) is 0 Å². The van der Waals surface area contributed by atoms with Gasteiger partial charge in [-0.3, -0.25) is 9.59 Å². The zero-order valence-corrected chi connectivity index (χ0v) is 21.6. The number of carbonyl (C=O) groups is 3. The Balaban J connectivity index is 1.96. The van der Waals surface area contributed by atoms with Crippen LogP contribution >= 0.6 is 0 Å². The minimum absolute atomic E-state index is 0.0745. The number of alkyl carbamates (subject to hydrolysis) is 1. The van der Waals surface area contributed by atoms with Crippen molar-refractivity contribution in [1.29, 1.82) is 0 Å². The average Bonchev–Trinajstić information content (AvgIpc) is 2.72. The van der Waals surface area contributed by atoms with Crippen molar-refractivity contribution in [3.63, 3.8) is 0 Å². The molecular formula is C28H37N3O4. The molecule has 2 N–H and O–H groups in total. The molecule has 0 spiro atoms. The van der Waals surface area contributed by atoms with E-state index < -0.39 is 17.7 Å². The highest BCUT2D eigenvalue weighted by atomic mass is 16.6. The van der Waals surface area contributed by atoms with Crippen molar-refractivity contribution < 1.29 is 19.1 Å². The van der Waals surface area contributed by atoms with Gasteiger partial charge in [0.15, 0.2) is 0 Å². The Morgan fingerprint density at radius 2 is 1.57 bits per heavy atom. The molecule has 1 unspecified atom stereocenters. The zero-order valence-electron chi connectivity index (χ0n) is 21.6. The number of ether oxygens (including phenoxy) is 1. The number of aryl methyl sites for hydroxylation is 3. The summed E-state index contributed by atoms with van der Waals surface area (Å²) in [7, 11) is 0. The molecule has 2 aromatic carbocycles. The van der Waals surface area contributed by atoms with Gasteiger partial charge in [0.1, 0.15) is 18.2 Å². The molecule has 3 rings (SSSR count). The van der Waals surface area contributed by atoms with Crippen molar-refractivity contribution in [2.24, 2.45) is 0 Å². The molecule has 7 heteroatoms. The highest BCUT2D eigenvalue weighted by molar-refractivity contribution is 5.99. The van der Waals surface area contributed by atoms with Crippen molar-refractivity contribution in [3.8, 4) is 0 Å². The first-order valence-electron chi connectivity index (χ1n) is 12.2. The minimum atomic E-state index is -0.825. The second-order valence-electron chi connectivity index (χ2n) is 10.3. The maximum absolute atomic E-state index is 13.9. The Hall–Kier alpha value is -3.35. The van der Waals surface area contributed by atoms with Crippen LogP contribution < -0.4 is 10.6 Å². The summed E-state index contributed by atoms with van der Waals surface area (Å²) in [6.45, 7) is 10.9. The number of carbonyl (C=O) groups excluding carboxylic acids is 3. The van der Waals surface area contributed by atoms with Crippen LogP contribution in [-0.2, 0) is 14.3 Å². The number of nitrogens with zero attached hydrogens (tertiary/aromatic N) is 1. The third-order valence-corrected chi connectivity index (χ3v) is 6.28. The molecule has 1 aliphatic carbocycles. The quantitative estimate of drug-likeness (QED) is 0.572. The lowest BCUT2D eigenvalue weighted by Crippen LogP contribution is -2.53. The van der Waals surface area contributed by atoms with Gasteiger partial charge in [0.2, 0.25) is 5.91 Å². The number of para-hydroxylation sites is 1. The lowest BCUT2D eigenvalue weighted by atomic mass is 9.86. The van der Waals surface area contributed by atoms with Gasteiger partial charge in [-0.15, -0.1) is 0 Å². The number of hydrogen-bond donors (Lipinski definition) is 2. The summed E-state index contributed by atoms with van der Waals surface area (Å²) in [5.74, 6) is -0.581. The summed E-state index contributed by atoms with van der Waals surface area (Å²) in [6, 6.07) is 12.5. The molecule has 0 heterocycles. The Morgan fingerprint density at radius 3 is 2.11 bits per heavy atom. The minimum Gasteiger partial charge on any atom is -0.444 e. The maximum atomic E-state index is 13.9. The Morgan fingerprint density at radius 1 is 0.971 bits per heavy atom. The van der Waals surface area contributed by atoms with Gasteiger partial charge in [-0.25, -0.2) is 4.79 Å². The zero-order chi connectivity index (χ0) is 25.8. The normalized spacial score (nSPS) is 14.5. The van der Waals surface area contributed by atoms with Gasteiger partial charge in [0.05, 0.1) is 0 Å². The number of rotatable bonds is 7. The standard InChI is InChI=1S/C28H37N3O4/c1-18-11-7-8-16-22(18)30-26(33)25(24-19(2)12-9-13-20(24)3)31(21-14-10-15-21)23(32)17-29-27(34)35-28(4,5)6/h7-9,11-13,16,21,25H,10,14-15,17H2,1-6H3,(H,29,34)(H,30,33). The first-order chi connectivity index (χ1) is 16.5. The second kappa shape index (κ2) is 10.9. The van der Waals surface area contributed by atoms with E-state index >= 15 is 0 Å². The van der Waals surface area contributed by atoms with E-state index in [1.54, 1.807) is 25.7 Å². The fourth-order valence-corrected chi connectivity index (χ4v) is 4.35. The van der Waals surface area contributed by atoms with Crippen molar-refractivity contribution in [2.75, 3.05) is 11.9 Å². The van der Waals surface area contributed by atoms with E-state index in [1.807, 2.05) is 63.2 Å². The van der Waals surface area contributed by atoms with E-state index in [-0.39, 0.29) is 24.4 Å². The lowest BCUT2D eigenvalue weighted by molar-refractivity contribution is -0.143. The Kier molecular flexibility index (Phi) is 8.20. The molecule has 0 bridgehead atoms. The number of anilines is 1. The fraction of sp³-hybridized carbons (Fsp3) is 0.464. The van der Waals surface area contributed by atoms with Crippen LogP contribution in [0.5, 0.6) is 0 Å². The third kappa shape index (κ3) is 6.62. The summed E-state index contributed by atoms with van der Waals surface area (Å²) in [6.07, 6.45) is 1.97. The van der Waals surface area contributed by atoms with Crippen LogP contribution in [0.3, 0.4) is 0 Å². The first kappa shape index (κ1) is 26.3. The van der Waals surface area contributed by atoms with Gasteiger partial charge in [0, 0.05) is 11.7 Å². The molecule has 7 nitrogen and oxygen atoms in total. The lowest BCUT2D eigenvalue weighted by Gasteiger charge is -2.43. The fourth-order valence-electron chi connectivity index (χ4n) is 4.35. The molecular weight excluding hydrogens is 442 g/mol. The smallest absolute Gasteiger partial charge is 0.408 e. The van der Waals surface area contributed by atoms with Crippen LogP contribution in [0.1, 0.15) is 68.3 Å². The Bertz CT molecular complexity index is 1070. The summed E-state index contributed by atoms with van der Waals surface area (Å²) < 4.78 is 5.29. The predicted octanol–water partition coefficient (Wildman–Crippen LogP) is 5.20. The second-order valence-corrected chi connectivity index (χ2v) is 10.3. The molecule has 0 aliphatic heterocycles. The molecule has 2 aromatic rings. The highest BCUT2D eigenvalue weighted by Gasteiger charge is 2.40. The van der Waals surface area contributed by atoms with E-state index in [4.69, 9.17) is 4.74 Å². The van der Waals surface area contributed by atoms with Crippen LogP contribution in [0.4, 0.5) is 10.5 Å². The molecule has 0 radical (unpaired) electrons. The highest BCUT2D eigenvalue weighted by Crippen LogP contribution is 2.36. The van der Waals surface area contributed by atoms with Gasteiger partial charge in [-0.1, -0.05) is 36.4 Å². The average molecular weight is 480 g/mol. The van der Waals surface area contributed by atoms with E-state index in [2.05, 4.69) is 10.6 Å². The molecule has 3 amide bonds. The van der Waals surface area contributed by atoms with Gasteiger partial charge >= 0.3 is 6.09 Å². The van der Waals surface area contributed by atoms with Gasteiger partial charge in [0.25, 0.3) is 5.91 Å². The predicted molar refractivity (Wildman–Crippen MR) is 137 cm³/mol. The summed E-state index contributed by atoms with van der Waals surface area (Å²) in [5, 5.41) is 5.62. The molecule has 1 aliphatic rings. The SMILES string of the molecule is Cc1ccccc1NC(=O)C(c1c(C)cccc1C)N(C(=O)CNC(=O)OC(C)(C)C)C1CCC1. The van der Waals surface area contributed by atoms with Crippen LogP contribution in [-0.4, -0.2) is 41.0 Å². The van der Waals surface area contributed by atoms with Crippen molar-refractivity contribution in [1.82, 2.24) is 10.2 Å².